The van der Waals surface area contributed by atoms with Gasteiger partial charge in [0.25, 0.3) is 5.69 Å². The summed E-state index contributed by atoms with van der Waals surface area (Å²) in [6, 6.07) is 2.18. The monoisotopic (exact) mass is 293 g/mol. The maximum atomic E-state index is 13.7. The number of rotatable bonds is 4. The van der Waals surface area contributed by atoms with E-state index in [1.54, 1.807) is 7.05 Å². The summed E-state index contributed by atoms with van der Waals surface area (Å²) in [6.07, 6.45) is 2.92. The van der Waals surface area contributed by atoms with Gasteiger partial charge in [0, 0.05) is 24.9 Å². The molecule has 3 N–H and O–H groups in total. The van der Waals surface area contributed by atoms with Crippen molar-refractivity contribution in [2.24, 2.45) is 12.8 Å². The van der Waals surface area contributed by atoms with E-state index in [-0.39, 0.29) is 0 Å². The first-order valence-electron chi connectivity index (χ1n) is 5.88. The summed E-state index contributed by atoms with van der Waals surface area (Å²) >= 11 is 0. The molecule has 1 amide bonds. The number of benzene rings is 1. The molecule has 0 aliphatic heterocycles. The van der Waals surface area contributed by atoms with Crippen LogP contribution in [0.15, 0.2) is 30.6 Å². The fourth-order valence-corrected chi connectivity index (χ4v) is 1.74. The summed E-state index contributed by atoms with van der Waals surface area (Å²) in [5.74, 6) is -1.67. The first-order valence-corrected chi connectivity index (χ1v) is 5.88. The van der Waals surface area contributed by atoms with Crippen LogP contribution >= 0.6 is 0 Å². The number of aromatic nitrogens is 2. The number of halogens is 1. The number of nitro groups is 1. The molecule has 110 valence electrons. The van der Waals surface area contributed by atoms with Gasteiger partial charge in [0.15, 0.2) is 11.5 Å². The molecule has 21 heavy (non-hydrogen) atoms. The van der Waals surface area contributed by atoms with Crippen LogP contribution in [0, 0.1) is 15.9 Å². The lowest BCUT2D eigenvalue weighted by atomic mass is 10.1. The fraction of sp³-hybridized carbons (Fsp3) is 0.167. The zero-order valence-corrected chi connectivity index (χ0v) is 11.0. The second kappa shape index (κ2) is 5.67. The SMILES string of the molecule is Cn1cc(C(N)C(=O)Nc2c(F)cccc2[N+](=O)[O-])cn1. The van der Waals surface area contributed by atoms with Gasteiger partial charge in [0.05, 0.1) is 11.1 Å². The van der Waals surface area contributed by atoms with Gasteiger partial charge < -0.3 is 11.1 Å². The number of amides is 1. The van der Waals surface area contributed by atoms with Gasteiger partial charge in [-0.3, -0.25) is 19.6 Å². The first kappa shape index (κ1) is 14.6. The highest BCUT2D eigenvalue weighted by Crippen LogP contribution is 2.27. The number of anilines is 1. The van der Waals surface area contributed by atoms with Crippen molar-refractivity contribution in [1.29, 1.82) is 0 Å². The Hall–Kier alpha value is -2.81. The van der Waals surface area contributed by atoms with E-state index in [9.17, 15) is 19.3 Å². The lowest BCUT2D eigenvalue weighted by Gasteiger charge is -2.11. The van der Waals surface area contributed by atoms with Crippen LogP contribution in [0.1, 0.15) is 11.6 Å². The molecule has 0 fully saturated rings. The number of nitrogens with one attached hydrogen (secondary N) is 1. The Labute approximate surface area is 118 Å². The van der Waals surface area contributed by atoms with Crippen LogP contribution in [-0.4, -0.2) is 20.6 Å². The molecular weight excluding hydrogens is 281 g/mol. The number of nitrogens with zero attached hydrogens (tertiary/aromatic N) is 3. The molecular formula is C12H12FN5O3. The van der Waals surface area contributed by atoms with E-state index < -0.39 is 34.1 Å². The number of hydrogen-bond acceptors (Lipinski definition) is 5. The van der Waals surface area contributed by atoms with Crippen molar-refractivity contribution in [1.82, 2.24) is 9.78 Å². The Balaban J connectivity index is 2.26. The minimum atomic E-state index is -1.11. The molecule has 0 bridgehead atoms. The van der Waals surface area contributed by atoms with Crippen molar-refractivity contribution in [3.63, 3.8) is 0 Å². The van der Waals surface area contributed by atoms with Crippen LogP contribution in [-0.2, 0) is 11.8 Å². The summed E-state index contributed by atoms with van der Waals surface area (Å²) in [4.78, 5) is 22.0. The van der Waals surface area contributed by atoms with E-state index in [1.807, 2.05) is 0 Å². The number of aryl methyl sites for hydroxylation is 1. The Morgan fingerprint density at radius 1 is 1.57 bits per heavy atom. The van der Waals surface area contributed by atoms with Crippen LogP contribution in [0.2, 0.25) is 0 Å². The van der Waals surface area contributed by atoms with E-state index >= 15 is 0 Å². The second-order valence-corrected chi connectivity index (χ2v) is 4.31. The number of hydrogen-bond donors (Lipinski definition) is 2. The molecule has 8 nitrogen and oxygen atoms in total. The molecule has 2 aromatic rings. The maximum absolute atomic E-state index is 13.7. The Kier molecular flexibility index (Phi) is 3.94. The molecule has 1 heterocycles. The van der Waals surface area contributed by atoms with Gasteiger partial charge in [0.2, 0.25) is 5.91 Å². The van der Waals surface area contributed by atoms with Crippen molar-refractivity contribution in [2.45, 2.75) is 6.04 Å². The van der Waals surface area contributed by atoms with Crippen molar-refractivity contribution in [2.75, 3.05) is 5.32 Å². The molecule has 9 heteroatoms. The van der Waals surface area contributed by atoms with Gasteiger partial charge in [-0.1, -0.05) is 6.07 Å². The number of carbonyl (C=O) groups is 1. The zero-order valence-electron chi connectivity index (χ0n) is 11.0. The Bertz CT molecular complexity index is 700. The average molecular weight is 293 g/mol. The van der Waals surface area contributed by atoms with Crippen LogP contribution in [0.3, 0.4) is 0 Å². The average Bonchev–Trinajstić information content (AvgIpc) is 2.86. The molecule has 0 saturated carbocycles. The van der Waals surface area contributed by atoms with Crippen LogP contribution in [0.4, 0.5) is 15.8 Å². The quantitative estimate of drug-likeness (QED) is 0.647. The highest BCUT2D eigenvalue weighted by Gasteiger charge is 2.24. The number of nitro benzene ring substituents is 1. The van der Waals surface area contributed by atoms with Gasteiger partial charge in [-0.05, 0) is 6.07 Å². The molecule has 0 aliphatic rings. The smallest absolute Gasteiger partial charge is 0.295 e. The Morgan fingerprint density at radius 2 is 2.29 bits per heavy atom. The van der Waals surface area contributed by atoms with Gasteiger partial charge >= 0.3 is 0 Å². The summed E-state index contributed by atoms with van der Waals surface area (Å²) < 4.78 is 15.1. The fourth-order valence-electron chi connectivity index (χ4n) is 1.74. The third-order valence-electron chi connectivity index (χ3n) is 2.80. The molecule has 0 saturated heterocycles. The van der Waals surface area contributed by atoms with Crippen LogP contribution in [0.5, 0.6) is 0 Å². The summed E-state index contributed by atoms with van der Waals surface area (Å²) in [5, 5.41) is 16.9. The number of para-hydroxylation sites is 1. The summed E-state index contributed by atoms with van der Waals surface area (Å²) in [6.45, 7) is 0. The third-order valence-corrected chi connectivity index (χ3v) is 2.80. The van der Waals surface area contributed by atoms with E-state index in [2.05, 4.69) is 10.4 Å². The molecule has 0 radical (unpaired) electrons. The minimum Gasteiger partial charge on any atom is -0.316 e. The van der Waals surface area contributed by atoms with E-state index in [0.717, 1.165) is 12.1 Å². The van der Waals surface area contributed by atoms with E-state index in [0.29, 0.717) is 5.56 Å². The van der Waals surface area contributed by atoms with Crippen molar-refractivity contribution in [3.05, 3.63) is 52.1 Å². The normalized spacial score (nSPS) is 12.0. The topological polar surface area (TPSA) is 116 Å². The highest BCUT2D eigenvalue weighted by molar-refractivity contribution is 5.97. The molecule has 2 rings (SSSR count). The Morgan fingerprint density at radius 3 is 2.86 bits per heavy atom. The lowest BCUT2D eigenvalue weighted by Crippen LogP contribution is -2.28. The standard InChI is InChI=1S/C12H12FN5O3/c1-17-6-7(5-15-17)10(14)12(19)16-11-8(13)3-2-4-9(11)18(20)21/h2-6,10H,14H2,1H3,(H,16,19). The van der Waals surface area contributed by atoms with Gasteiger partial charge in [0.1, 0.15) is 6.04 Å². The molecule has 0 spiro atoms. The van der Waals surface area contributed by atoms with E-state index in [1.165, 1.54) is 23.1 Å². The van der Waals surface area contributed by atoms with Crippen molar-refractivity contribution in [3.8, 4) is 0 Å². The van der Waals surface area contributed by atoms with Crippen LogP contribution < -0.4 is 11.1 Å². The van der Waals surface area contributed by atoms with Gasteiger partial charge in [-0.15, -0.1) is 0 Å². The van der Waals surface area contributed by atoms with Crippen molar-refractivity contribution >= 4 is 17.3 Å². The number of nitrogens with two attached hydrogens (primary N) is 1. The zero-order chi connectivity index (χ0) is 15.6. The molecule has 1 aromatic heterocycles. The van der Waals surface area contributed by atoms with E-state index in [4.69, 9.17) is 5.73 Å². The molecule has 1 atom stereocenters. The highest BCUT2D eigenvalue weighted by atomic mass is 19.1. The predicted octanol–water partition coefficient (Wildman–Crippen LogP) is 1.11. The summed E-state index contributed by atoms with van der Waals surface area (Å²) in [7, 11) is 1.65. The second-order valence-electron chi connectivity index (χ2n) is 4.31. The molecule has 1 aromatic carbocycles. The predicted molar refractivity (Wildman–Crippen MR) is 71.8 cm³/mol. The van der Waals surface area contributed by atoms with Crippen molar-refractivity contribution < 1.29 is 14.1 Å². The number of carbonyl (C=O) groups excluding carboxylic acids is 1. The minimum absolute atomic E-state index is 0.411. The molecule has 0 aliphatic carbocycles. The van der Waals surface area contributed by atoms with Gasteiger partial charge in [-0.2, -0.15) is 5.10 Å². The largest absolute Gasteiger partial charge is 0.316 e. The van der Waals surface area contributed by atoms with Crippen LogP contribution in [0.25, 0.3) is 0 Å². The van der Waals surface area contributed by atoms with Gasteiger partial charge in [-0.25, -0.2) is 4.39 Å². The first-order chi connectivity index (χ1) is 9.90. The molecule has 1 unspecified atom stereocenters. The maximum Gasteiger partial charge on any atom is 0.295 e. The lowest BCUT2D eigenvalue weighted by molar-refractivity contribution is -0.384. The summed E-state index contributed by atoms with van der Waals surface area (Å²) in [5.41, 5.74) is 5.08. The third kappa shape index (κ3) is 3.03.